The molecule has 4 nitrogen and oxygen atoms in total. The summed E-state index contributed by atoms with van der Waals surface area (Å²) in [7, 11) is 4.06. The number of rotatable bonds is 5. The Morgan fingerprint density at radius 3 is 2.31 bits per heavy atom. The molecule has 4 heteroatoms. The summed E-state index contributed by atoms with van der Waals surface area (Å²) in [6, 6.07) is 14.8. The number of benzene rings is 2. The van der Waals surface area contributed by atoms with Gasteiger partial charge >= 0.3 is 0 Å². The van der Waals surface area contributed by atoms with E-state index < -0.39 is 0 Å². The van der Waals surface area contributed by atoms with E-state index >= 15 is 0 Å². The number of carbonyl (C=O) groups is 1. The molecule has 0 aliphatic rings. The first-order valence-electron chi connectivity index (χ1n) is 10.1. The molecule has 0 radical (unpaired) electrons. The number of nitrogens with zero attached hydrogens (tertiary/aromatic N) is 1. The predicted octanol–water partition coefficient (Wildman–Crippen LogP) is 5.38. The fourth-order valence-electron chi connectivity index (χ4n) is 3.62. The molecule has 1 heterocycles. The molecule has 0 aliphatic carbocycles. The largest absolute Gasteiger partial charge is 0.451 e. The lowest BCUT2D eigenvalue weighted by Gasteiger charge is -2.26. The molecule has 1 aromatic heterocycles. The molecule has 0 fully saturated rings. The summed E-state index contributed by atoms with van der Waals surface area (Å²) in [4.78, 5) is 15.0. The van der Waals surface area contributed by atoms with Crippen LogP contribution in [0.5, 0.6) is 0 Å². The minimum atomic E-state index is -0.172. The average molecular weight is 393 g/mol. The minimum Gasteiger partial charge on any atom is -0.451 e. The summed E-state index contributed by atoms with van der Waals surface area (Å²) in [5.74, 6) is 0.223. The van der Waals surface area contributed by atoms with Gasteiger partial charge in [0.1, 0.15) is 5.58 Å². The van der Waals surface area contributed by atoms with Crippen LogP contribution in [0.2, 0.25) is 0 Å². The van der Waals surface area contributed by atoms with E-state index in [1.54, 1.807) is 0 Å². The fourth-order valence-corrected chi connectivity index (χ4v) is 3.62. The van der Waals surface area contributed by atoms with Gasteiger partial charge in [-0.15, -0.1) is 0 Å². The molecule has 0 saturated heterocycles. The number of amides is 1. The van der Waals surface area contributed by atoms with Crippen molar-refractivity contribution in [2.24, 2.45) is 0 Å². The second-order valence-corrected chi connectivity index (χ2v) is 9.12. The molecule has 154 valence electrons. The van der Waals surface area contributed by atoms with Crippen molar-refractivity contribution in [2.75, 3.05) is 20.6 Å². The Hall–Kier alpha value is -2.59. The third-order valence-electron chi connectivity index (χ3n) is 5.54. The topological polar surface area (TPSA) is 45.5 Å². The average Bonchev–Trinajstić information content (AvgIpc) is 2.97. The highest BCUT2D eigenvalue weighted by molar-refractivity contribution is 5.99. The normalized spacial score (nSPS) is 13.1. The van der Waals surface area contributed by atoms with Gasteiger partial charge in [0.05, 0.1) is 6.04 Å². The number of hydrogen-bond donors (Lipinski definition) is 1. The Bertz CT molecular complexity index is 1010. The third-order valence-corrected chi connectivity index (χ3v) is 5.54. The standard InChI is InChI=1S/C25H32N2O2/c1-16-8-13-20-17(2)23(29-22(20)14-16)24(28)26-15-21(27(6)7)18-9-11-19(12-10-18)25(3,4)5/h8-14,21H,15H2,1-7H3,(H,26,28)/t21-/m1/s1. The Labute approximate surface area is 173 Å². The predicted molar refractivity (Wildman–Crippen MR) is 120 cm³/mol. The molecule has 2 aromatic carbocycles. The van der Waals surface area contributed by atoms with Crippen molar-refractivity contribution in [3.8, 4) is 0 Å². The van der Waals surface area contributed by atoms with E-state index in [4.69, 9.17) is 4.42 Å². The summed E-state index contributed by atoms with van der Waals surface area (Å²) >= 11 is 0. The number of furan rings is 1. The zero-order valence-electron chi connectivity index (χ0n) is 18.6. The summed E-state index contributed by atoms with van der Waals surface area (Å²) in [5.41, 5.74) is 5.36. The Kier molecular flexibility index (Phi) is 5.85. The highest BCUT2D eigenvalue weighted by Crippen LogP contribution is 2.27. The SMILES string of the molecule is Cc1ccc2c(C)c(C(=O)NC[C@H](c3ccc(C(C)(C)C)cc3)N(C)C)oc2c1. The molecule has 1 amide bonds. The molecule has 0 saturated carbocycles. The number of hydrogen-bond acceptors (Lipinski definition) is 3. The first-order valence-corrected chi connectivity index (χ1v) is 10.1. The molecule has 1 N–H and O–H groups in total. The molecular formula is C25H32N2O2. The number of fused-ring (bicyclic) bond motifs is 1. The van der Waals surface area contributed by atoms with E-state index in [0.29, 0.717) is 12.3 Å². The van der Waals surface area contributed by atoms with E-state index in [1.807, 2.05) is 46.1 Å². The van der Waals surface area contributed by atoms with E-state index in [0.717, 1.165) is 22.1 Å². The second kappa shape index (κ2) is 8.03. The van der Waals surface area contributed by atoms with Crippen LogP contribution in [0.25, 0.3) is 11.0 Å². The van der Waals surface area contributed by atoms with Crippen LogP contribution in [0.15, 0.2) is 46.9 Å². The number of likely N-dealkylation sites (N-methyl/N-ethyl adjacent to an activating group) is 1. The highest BCUT2D eigenvalue weighted by Gasteiger charge is 2.21. The van der Waals surface area contributed by atoms with Gasteiger partial charge in [0.2, 0.25) is 0 Å². The van der Waals surface area contributed by atoms with Crippen molar-refractivity contribution in [3.05, 3.63) is 70.5 Å². The molecule has 3 rings (SSSR count). The minimum absolute atomic E-state index is 0.0832. The van der Waals surface area contributed by atoms with Gasteiger partial charge in [0.15, 0.2) is 5.76 Å². The van der Waals surface area contributed by atoms with Crippen molar-refractivity contribution >= 4 is 16.9 Å². The molecule has 3 aromatic rings. The lowest BCUT2D eigenvalue weighted by Crippen LogP contribution is -2.34. The van der Waals surface area contributed by atoms with Crippen LogP contribution in [-0.4, -0.2) is 31.4 Å². The molecule has 1 atom stereocenters. The lowest BCUT2D eigenvalue weighted by atomic mass is 9.86. The van der Waals surface area contributed by atoms with Gasteiger partial charge in [-0.25, -0.2) is 0 Å². The Morgan fingerprint density at radius 1 is 1.07 bits per heavy atom. The molecule has 29 heavy (non-hydrogen) atoms. The summed E-state index contributed by atoms with van der Waals surface area (Å²) in [6.07, 6.45) is 0. The van der Waals surface area contributed by atoms with E-state index in [-0.39, 0.29) is 17.4 Å². The number of carbonyl (C=O) groups excluding carboxylic acids is 1. The maximum Gasteiger partial charge on any atom is 0.287 e. The van der Waals surface area contributed by atoms with Gasteiger partial charge < -0.3 is 14.6 Å². The van der Waals surface area contributed by atoms with Crippen molar-refractivity contribution in [2.45, 2.75) is 46.1 Å². The van der Waals surface area contributed by atoms with Crippen LogP contribution in [-0.2, 0) is 5.41 Å². The van der Waals surface area contributed by atoms with Crippen molar-refractivity contribution < 1.29 is 9.21 Å². The first-order chi connectivity index (χ1) is 13.6. The van der Waals surface area contributed by atoms with Gasteiger partial charge in [0, 0.05) is 17.5 Å². The highest BCUT2D eigenvalue weighted by atomic mass is 16.3. The van der Waals surface area contributed by atoms with Crippen LogP contribution in [0.3, 0.4) is 0 Å². The van der Waals surface area contributed by atoms with Crippen LogP contribution in [0, 0.1) is 13.8 Å². The molecule has 0 bridgehead atoms. The van der Waals surface area contributed by atoms with Gasteiger partial charge in [0.25, 0.3) is 5.91 Å². The van der Waals surface area contributed by atoms with E-state index in [9.17, 15) is 4.79 Å². The van der Waals surface area contributed by atoms with Crippen LogP contribution < -0.4 is 5.32 Å². The van der Waals surface area contributed by atoms with E-state index in [2.05, 4.69) is 55.3 Å². The second-order valence-electron chi connectivity index (χ2n) is 9.12. The monoisotopic (exact) mass is 392 g/mol. The maximum absolute atomic E-state index is 12.8. The first kappa shape index (κ1) is 21.1. The van der Waals surface area contributed by atoms with Crippen LogP contribution in [0.4, 0.5) is 0 Å². The molecule has 0 unspecified atom stereocenters. The fraction of sp³-hybridized carbons (Fsp3) is 0.400. The molecule has 0 spiro atoms. The molecular weight excluding hydrogens is 360 g/mol. The number of nitrogens with one attached hydrogen (secondary N) is 1. The van der Waals surface area contributed by atoms with Gasteiger partial charge in [-0.05, 0) is 56.1 Å². The summed E-state index contributed by atoms with van der Waals surface area (Å²) < 4.78 is 5.87. The smallest absolute Gasteiger partial charge is 0.287 e. The van der Waals surface area contributed by atoms with Gasteiger partial charge in [-0.2, -0.15) is 0 Å². The summed E-state index contributed by atoms with van der Waals surface area (Å²) in [6.45, 7) is 11.1. The summed E-state index contributed by atoms with van der Waals surface area (Å²) in [5, 5.41) is 4.05. The molecule has 0 aliphatic heterocycles. The van der Waals surface area contributed by atoms with Gasteiger partial charge in [-0.1, -0.05) is 57.2 Å². The van der Waals surface area contributed by atoms with Crippen molar-refractivity contribution in [3.63, 3.8) is 0 Å². The van der Waals surface area contributed by atoms with Crippen molar-refractivity contribution in [1.29, 1.82) is 0 Å². The zero-order chi connectivity index (χ0) is 21.3. The van der Waals surface area contributed by atoms with Crippen molar-refractivity contribution in [1.82, 2.24) is 10.2 Å². The maximum atomic E-state index is 12.8. The quantitative estimate of drug-likeness (QED) is 0.634. The van der Waals surface area contributed by atoms with Crippen LogP contribution >= 0.6 is 0 Å². The Morgan fingerprint density at radius 2 is 1.72 bits per heavy atom. The Balaban J connectivity index is 1.77. The third kappa shape index (κ3) is 4.54. The zero-order valence-corrected chi connectivity index (χ0v) is 18.6. The van der Waals surface area contributed by atoms with Crippen LogP contribution in [0.1, 0.15) is 59.6 Å². The van der Waals surface area contributed by atoms with Gasteiger partial charge in [-0.3, -0.25) is 4.79 Å². The lowest BCUT2D eigenvalue weighted by molar-refractivity contribution is 0.0915. The number of aryl methyl sites for hydroxylation is 2. The van der Waals surface area contributed by atoms with E-state index in [1.165, 1.54) is 11.1 Å².